The molecule has 0 aliphatic carbocycles. The van der Waals surface area contributed by atoms with E-state index in [9.17, 15) is 9.59 Å². The second-order valence-electron chi connectivity index (χ2n) is 8.08. The molecule has 6 nitrogen and oxygen atoms in total. The Bertz CT molecular complexity index is 901. The lowest BCUT2D eigenvalue weighted by atomic mass is 9.94. The predicted octanol–water partition coefficient (Wildman–Crippen LogP) is 3.55. The molecule has 0 aromatic heterocycles. The lowest BCUT2D eigenvalue weighted by molar-refractivity contribution is -0.137. The molecule has 2 fully saturated rings. The van der Waals surface area contributed by atoms with Crippen LogP contribution in [0.4, 0.5) is 5.69 Å². The van der Waals surface area contributed by atoms with Gasteiger partial charge >= 0.3 is 0 Å². The van der Waals surface area contributed by atoms with Gasteiger partial charge in [0.1, 0.15) is 5.75 Å². The Hall–Kier alpha value is -2.73. The second-order valence-corrected chi connectivity index (χ2v) is 8.52. The summed E-state index contributed by atoms with van der Waals surface area (Å²) < 4.78 is 5.22. The second kappa shape index (κ2) is 9.60. The summed E-state index contributed by atoms with van der Waals surface area (Å²) in [7, 11) is 1.66. The fraction of sp³-hybridized carbons (Fsp3) is 0.417. The number of methoxy groups -OCH3 is 1. The standard InChI is InChI=1S/C24H28ClN3O3/c1-31-22-8-6-21(7-9-22)26-14-16-28(17-15-26)24(30)19-10-12-27(13-11-19)23(29)18-2-4-20(25)5-3-18/h2-9,19H,10-17H2,1H3. The van der Waals surface area contributed by atoms with E-state index < -0.39 is 0 Å². The Labute approximate surface area is 188 Å². The van der Waals surface area contributed by atoms with Gasteiger partial charge in [0, 0.05) is 61.5 Å². The molecule has 0 unspecified atom stereocenters. The zero-order valence-corrected chi connectivity index (χ0v) is 18.6. The molecule has 0 saturated carbocycles. The molecule has 0 atom stereocenters. The maximum absolute atomic E-state index is 13.0. The van der Waals surface area contributed by atoms with Crippen molar-refractivity contribution in [2.45, 2.75) is 12.8 Å². The number of nitrogens with zero attached hydrogens (tertiary/aromatic N) is 3. The van der Waals surface area contributed by atoms with Crippen molar-refractivity contribution < 1.29 is 14.3 Å². The lowest BCUT2D eigenvalue weighted by Crippen LogP contribution is -2.52. The molecule has 2 heterocycles. The molecule has 2 aromatic rings. The Kier molecular flexibility index (Phi) is 6.66. The van der Waals surface area contributed by atoms with E-state index in [0.29, 0.717) is 23.7 Å². The van der Waals surface area contributed by atoms with E-state index in [-0.39, 0.29) is 17.7 Å². The fourth-order valence-electron chi connectivity index (χ4n) is 4.34. The van der Waals surface area contributed by atoms with Gasteiger partial charge in [-0.3, -0.25) is 9.59 Å². The zero-order valence-electron chi connectivity index (χ0n) is 17.8. The van der Waals surface area contributed by atoms with Crippen molar-refractivity contribution >= 4 is 29.1 Å². The third kappa shape index (κ3) is 4.96. The number of carbonyl (C=O) groups is 2. The van der Waals surface area contributed by atoms with Crippen LogP contribution in [0.25, 0.3) is 0 Å². The monoisotopic (exact) mass is 441 g/mol. The number of benzene rings is 2. The van der Waals surface area contributed by atoms with Gasteiger partial charge in [0.15, 0.2) is 0 Å². The molecule has 2 saturated heterocycles. The molecule has 7 heteroatoms. The number of hydrogen-bond acceptors (Lipinski definition) is 4. The molecular weight excluding hydrogens is 414 g/mol. The van der Waals surface area contributed by atoms with Gasteiger partial charge in [-0.25, -0.2) is 0 Å². The van der Waals surface area contributed by atoms with Crippen molar-refractivity contribution in [3.8, 4) is 5.75 Å². The quantitative estimate of drug-likeness (QED) is 0.728. The van der Waals surface area contributed by atoms with Crippen LogP contribution in [0.15, 0.2) is 48.5 Å². The highest BCUT2D eigenvalue weighted by molar-refractivity contribution is 6.30. The normalized spacial score (nSPS) is 17.5. The van der Waals surface area contributed by atoms with Crippen LogP contribution in [-0.2, 0) is 4.79 Å². The number of halogens is 1. The maximum atomic E-state index is 13.0. The summed E-state index contributed by atoms with van der Waals surface area (Å²) in [6.07, 6.45) is 1.44. The molecule has 0 spiro atoms. The van der Waals surface area contributed by atoms with Gasteiger partial charge in [0.05, 0.1) is 7.11 Å². The van der Waals surface area contributed by atoms with Gasteiger partial charge < -0.3 is 19.4 Å². The van der Waals surface area contributed by atoms with Crippen LogP contribution in [0.2, 0.25) is 5.02 Å². The number of carbonyl (C=O) groups excluding carboxylic acids is 2. The summed E-state index contributed by atoms with van der Waals surface area (Å²) in [5.74, 6) is 1.09. The van der Waals surface area contributed by atoms with Crippen molar-refractivity contribution in [2.24, 2.45) is 5.92 Å². The Morgan fingerprint density at radius 2 is 1.45 bits per heavy atom. The van der Waals surface area contributed by atoms with Crippen molar-refractivity contribution in [3.63, 3.8) is 0 Å². The third-order valence-electron chi connectivity index (χ3n) is 6.25. The maximum Gasteiger partial charge on any atom is 0.253 e. The van der Waals surface area contributed by atoms with Gasteiger partial charge in [-0.05, 0) is 61.4 Å². The summed E-state index contributed by atoms with van der Waals surface area (Å²) >= 11 is 5.91. The average Bonchev–Trinajstić information content (AvgIpc) is 2.84. The van der Waals surface area contributed by atoms with Crippen molar-refractivity contribution in [2.75, 3.05) is 51.3 Å². The first-order valence-electron chi connectivity index (χ1n) is 10.8. The average molecular weight is 442 g/mol. The molecule has 0 bridgehead atoms. The molecule has 2 amide bonds. The first-order chi connectivity index (χ1) is 15.0. The van der Waals surface area contributed by atoms with Gasteiger partial charge in [0.25, 0.3) is 5.91 Å². The highest BCUT2D eigenvalue weighted by atomic mass is 35.5. The first kappa shape index (κ1) is 21.5. The summed E-state index contributed by atoms with van der Waals surface area (Å²) in [5.41, 5.74) is 1.80. The molecular formula is C24H28ClN3O3. The van der Waals surface area contributed by atoms with E-state index in [1.807, 2.05) is 21.9 Å². The van der Waals surface area contributed by atoms with Gasteiger partial charge in [-0.2, -0.15) is 0 Å². The number of likely N-dealkylation sites (tertiary alicyclic amines) is 1. The molecule has 31 heavy (non-hydrogen) atoms. The van der Waals surface area contributed by atoms with E-state index in [0.717, 1.165) is 50.5 Å². The Balaban J connectivity index is 1.26. The van der Waals surface area contributed by atoms with Crippen LogP contribution in [0.1, 0.15) is 23.2 Å². The smallest absolute Gasteiger partial charge is 0.253 e. The van der Waals surface area contributed by atoms with E-state index in [1.165, 1.54) is 0 Å². The molecule has 4 rings (SSSR count). The number of anilines is 1. The van der Waals surface area contributed by atoms with E-state index in [1.54, 1.807) is 31.4 Å². The number of piperidine rings is 1. The van der Waals surface area contributed by atoms with Crippen molar-refractivity contribution in [1.29, 1.82) is 0 Å². The largest absolute Gasteiger partial charge is 0.497 e. The first-order valence-corrected chi connectivity index (χ1v) is 11.2. The third-order valence-corrected chi connectivity index (χ3v) is 6.50. The number of hydrogen-bond donors (Lipinski definition) is 0. The minimum Gasteiger partial charge on any atom is -0.497 e. The van der Waals surface area contributed by atoms with Crippen LogP contribution in [0.3, 0.4) is 0 Å². The molecule has 0 N–H and O–H groups in total. The summed E-state index contributed by atoms with van der Waals surface area (Å²) in [6.45, 7) is 4.34. The van der Waals surface area contributed by atoms with Crippen LogP contribution in [0, 0.1) is 5.92 Å². The molecule has 2 aliphatic heterocycles. The minimum absolute atomic E-state index is 0.00167. The summed E-state index contributed by atoms with van der Waals surface area (Å²) in [6, 6.07) is 15.0. The van der Waals surface area contributed by atoms with Crippen LogP contribution < -0.4 is 9.64 Å². The SMILES string of the molecule is COc1ccc(N2CCN(C(=O)C3CCN(C(=O)c4ccc(Cl)cc4)CC3)CC2)cc1. The number of piperazine rings is 1. The number of ether oxygens (including phenoxy) is 1. The Morgan fingerprint density at radius 1 is 0.839 bits per heavy atom. The zero-order chi connectivity index (χ0) is 21.8. The van der Waals surface area contributed by atoms with Crippen molar-refractivity contribution in [3.05, 3.63) is 59.1 Å². The molecule has 164 valence electrons. The van der Waals surface area contributed by atoms with E-state index >= 15 is 0 Å². The summed E-state index contributed by atoms with van der Waals surface area (Å²) in [5, 5.41) is 0.618. The minimum atomic E-state index is 0.00167. The van der Waals surface area contributed by atoms with Crippen molar-refractivity contribution in [1.82, 2.24) is 9.80 Å². The van der Waals surface area contributed by atoms with Crippen LogP contribution in [-0.4, -0.2) is 68.0 Å². The Morgan fingerprint density at radius 3 is 2.03 bits per heavy atom. The van der Waals surface area contributed by atoms with Crippen LogP contribution in [0.5, 0.6) is 5.75 Å². The number of amides is 2. The van der Waals surface area contributed by atoms with Gasteiger partial charge in [0.2, 0.25) is 5.91 Å². The van der Waals surface area contributed by atoms with Gasteiger partial charge in [-0.1, -0.05) is 11.6 Å². The molecule has 2 aliphatic rings. The fourth-order valence-corrected chi connectivity index (χ4v) is 4.47. The summed E-state index contributed by atoms with van der Waals surface area (Å²) in [4.78, 5) is 31.8. The highest BCUT2D eigenvalue weighted by Gasteiger charge is 2.32. The number of rotatable bonds is 4. The predicted molar refractivity (Wildman–Crippen MR) is 122 cm³/mol. The van der Waals surface area contributed by atoms with Gasteiger partial charge in [-0.15, -0.1) is 0 Å². The van der Waals surface area contributed by atoms with Crippen LogP contribution >= 0.6 is 11.6 Å². The highest BCUT2D eigenvalue weighted by Crippen LogP contribution is 2.24. The molecule has 2 aromatic carbocycles. The lowest BCUT2D eigenvalue weighted by Gasteiger charge is -2.39. The molecule has 0 radical (unpaired) electrons. The van der Waals surface area contributed by atoms with E-state index in [4.69, 9.17) is 16.3 Å². The topological polar surface area (TPSA) is 53.1 Å². The van der Waals surface area contributed by atoms with E-state index in [2.05, 4.69) is 17.0 Å².